The molecule has 4 aliphatic carbocycles. The van der Waals surface area contributed by atoms with Gasteiger partial charge in [-0.2, -0.15) is 0 Å². The van der Waals surface area contributed by atoms with Gasteiger partial charge in [-0.3, -0.25) is 0 Å². The highest BCUT2D eigenvalue weighted by atomic mass is 16.5. The molecule has 0 heterocycles. The van der Waals surface area contributed by atoms with Crippen LogP contribution in [0.15, 0.2) is 17.7 Å². The second-order valence-electron chi connectivity index (χ2n) is 11.0. The second kappa shape index (κ2) is 7.59. The molecule has 6 nitrogen and oxygen atoms in total. The summed E-state index contributed by atoms with van der Waals surface area (Å²) in [6.45, 7) is 4.59. The van der Waals surface area contributed by atoms with E-state index in [2.05, 4.69) is 19.9 Å². The summed E-state index contributed by atoms with van der Waals surface area (Å²) in [7, 11) is 2.58. The van der Waals surface area contributed by atoms with Gasteiger partial charge in [-0.15, -0.1) is 0 Å². The number of hydrogen-bond acceptors (Lipinski definition) is 6. The maximum atomic E-state index is 12.8. The van der Waals surface area contributed by atoms with Gasteiger partial charge in [0.05, 0.1) is 31.5 Å². The number of aliphatic hydroxyl groups is 1. The minimum absolute atomic E-state index is 0.0680. The molecule has 0 spiro atoms. The van der Waals surface area contributed by atoms with Gasteiger partial charge in [-0.1, -0.05) is 25.5 Å². The first-order valence-corrected chi connectivity index (χ1v) is 12.1. The number of carbonyl (C=O) groups is 2. The Labute approximate surface area is 195 Å². The molecule has 1 aromatic carbocycles. The van der Waals surface area contributed by atoms with Crippen molar-refractivity contribution in [2.45, 2.75) is 70.3 Å². The SMILES string of the molecule is COC(=O)c1cc(O)c2c(c1C(=O)OC)CC1C3CC=C4CC(O)CCC4(C)C3CCC21C. The van der Waals surface area contributed by atoms with Crippen LogP contribution in [-0.4, -0.2) is 42.5 Å². The monoisotopic (exact) mass is 454 g/mol. The fraction of sp³-hybridized carbons (Fsp3) is 0.630. The molecule has 5 rings (SSSR count). The number of aliphatic hydroxyl groups excluding tert-OH is 1. The van der Waals surface area contributed by atoms with Gasteiger partial charge in [-0.05, 0) is 85.2 Å². The highest BCUT2D eigenvalue weighted by Crippen LogP contribution is 2.65. The lowest BCUT2D eigenvalue weighted by Gasteiger charge is -2.57. The van der Waals surface area contributed by atoms with Crippen LogP contribution in [0.1, 0.15) is 84.2 Å². The van der Waals surface area contributed by atoms with Gasteiger partial charge in [0, 0.05) is 5.56 Å². The summed E-state index contributed by atoms with van der Waals surface area (Å²) in [5.74, 6) is 0.0534. The van der Waals surface area contributed by atoms with Crippen LogP contribution in [0.3, 0.4) is 0 Å². The summed E-state index contributed by atoms with van der Waals surface area (Å²) in [6, 6.07) is 1.39. The van der Waals surface area contributed by atoms with E-state index in [1.807, 2.05) is 0 Å². The lowest BCUT2D eigenvalue weighted by atomic mass is 9.47. The number of carbonyl (C=O) groups excluding carboxylic acids is 2. The van der Waals surface area contributed by atoms with E-state index in [0.717, 1.165) is 49.7 Å². The van der Waals surface area contributed by atoms with Crippen molar-refractivity contribution in [1.82, 2.24) is 0 Å². The number of esters is 2. The summed E-state index contributed by atoms with van der Waals surface area (Å²) in [4.78, 5) is 25.3. The van der Waals surface area contributed by atoms with E-state index in [1.54, 1.807) is 0 Å². The summed E-state index contributed by atoms with van der Waals surface area (Å²) in [5.41, 5.74) is 3.10. The molecule has 6 heteroatoms. The third-order valence-electron chi connectivity index (χ3n) is 9.67. The van der Waals surface area contributed by atoms with Crippen LogP contribution in [0.25, 0.3) is 0 Å². The van der Waals surface area contributed by atoms with Gasteiger partial charge in [0.25, 0.3) is 0 Å². The molecule has 178 valence electrons. The Bertz CT molecular complexity index is 1060. The molecule has 6 atom stereocenters. The standard InChI is InChI=1S/C27H34O6/c1-26-9-7-15(28)11-14(26)5-6-16-19(26)8-10-27(2)20(16)12-17-22(25(31)33-4)18(24(30)32-3)13-21(29)23(17)27/h5,13,15-16,19-20,28-29H,6-12H2,1-4H3. The zero-order valence-corrected chi connectivity index (χ0v) is 19.9. The predicted molar refractivity (Wildman–Crippen MR) is 122 cm³/mol. The fourth-order valence-electron chi connectivity index (χ4n) is 8.04. The molecule has 0 bridgehead atoms. The van der Waals surface area contributed by atoms with Crippen LogP contribution in [0.2, 0.25) is 0 Å². The Kier molecular flexibility index (Phi) is 5.16. The third kappa shape index (κ3) is 3.02. The normalized spacial score (nSPS) is 36.6. The van der Waals surface area contributed by atoms with E-state index in [1.165, 1.54) is 25.9 Å². The smallest absolute Gasteiger partial charge is 0.339 e. The van der Waals surface area contributed by atoms with E-state index in [9.17, 15) is 19.8 Å². The third-order valence-corrected chi connectivity index (χ3v) is 9.67. The molecule has 33 heavy (non-hydrogen) atoms. The lowest BCUT2D eigenvalue weighted by molar-refractivity contribution is -0.0166. The number of hydrogen-bond donors (Lipinski definition) is 2. The van der Waals surface area contributed by atoms with Crippen LogP contribution < -0.4 is 0 Å². The minimum atomic E-state index is -0.648. The molecular formula is C27H34O6. The van der Waals surface area contributed by atoms with Gasteiger partial charge < -0.3 is 19.7 Å². The summed E-state index contributed by atoms with van der Waals surface area (Å²) < 4.78 is 9.98. The molecule has 2 fully saturated rings. The van der Waals surface area contributed by atoms with Crippen LogP contribution in [0.4, 0.5) is 0 Å². The molecular weight excluding hydrogens is 420 g/mol. The molecule has 2 N–H and O–H groups in total. The topological polar surface area (TPSA) is 93.1 Å². The van der Waals surface area contributed by atoms with Crippen molar-refractivity contribution in [3.63, 3.8) is 0 Å². The van der Waals surface area contributed by atoms with Crippen molar-refractivity contribution in [3.05, 3.63) is 40.0 Å². The van der Waals surface area contributed by atoms with Crippen LogP contribution in [0, 0.1) is 23.2 Å². The summed E-state index contributed by atoms with van der Waals surface area (Å²) >= 11 is 0. The largest absolute Gasteiger partial charge is 0.508 e. The van der Waals surface area contributed by atoms with E-state index in [0.29, 0.717) is 18.3 Å². The van der Waals surface area contributed by atoms with Crippen molar-refractivity contribution in [2.24, 2.45) is 23.2 Å². The van der Waals surface area contributed by atoms with E-state index >= 15 is 0 Å². The van der Waals surface area contributed by atoms with Gasteiger partial charge in [-0.25, -0.2) is 9.59 Å². The van der Waals surface area contributed by atoms with Gasteiger partial charge in [0.15, 0.2) is 0 Å². The molecule has 0 radical (unpaired) electrons. The van der Waals surface area contributed by atoms with Gasteiger partial charge in [0.1, 0.15) is 5.75 Å². The molecule has 4 aliphatic rings. The number of phenolic OH excluding ortho intramolecular Hbond substituents is 1. The predicted octanol–water partition coefficient (Wildman–Crippen LogP) is 4.30. The van der Waals surface area contributed by atoms with Crippen LogP contribution in [-0.2, 0) is 21.3 Å². The Balaban J connectivity index is 1.62. The lowest BCUT2D eigenvalue weighted by Crippen LogP contribution is -2.51. The number of phenols is 1. The van der Waals surface area contributed by atoms with E-state index in [4.69, 9.17) is 9.47 Å². The first kappa shape index (κ1) is 22.5. The molecule has 2 saturated carbocycles. The van der Waals surface area contributed by atoms with Crippen molar-refractivity contribution in [3.8, 4) is 5.75 Å². The van der Waals surface area contributed by atoms with Crippen molar-refractivity contribution < 1.29 is 29.3 Å². The maximum Gasteiger partial charge on any atom is 0.339 e. The summed E-state index contributed by atoms with van der Waals surface area (Å²) in [5, 5.41) is 21.3. The molecule has 0 aromatic heterocycles. The Morgan fingerprint density at radius 1 is 1.00 bits per heavy atom. The highest BCUT2D eigenvalue weighted by Gasteiger charge is 2.58. The first-order valence-electron chi connectivity index (χ1n) is 12.1. The zero-order chi connectivity index (χ0) is 23.7. The Morgan fingerprint density at radius 3 is 2.39 bits per heavy atom. The van der Waals surface area contributed by atoms with Crippen LogP contribution >= 0.6 is 0 Å². The van der Waals surface area contributed by atoms with E-state index in [-0.39, 0.29) is 39.7 Å². The number of ether oxygens (including phenoxy) is 2. The average Bonchev–Trinajstić information content (AvgIpc) is 3.12. The number of benzene rings is 1. The van der Waals surface area contributed by atoms with Gasteiger partial charge in [0.2, 0.25) is 0 Å². The number of allylic oxidation sites excluding steroid dienone is 1. The van der Waals surface area contributed by atoms with Gasteiger partial charge >= 0.3 is 11.9 Å². The van der Waals surface area contributed by atoms with Crippen molar-refractivity contribution in [2.75, 3.05) is 14.2 Å². The highest BCUT2D eigenvalue weighted by molar-refractivity contribution is 6.05. The fourth-order valence-corrected chi connectivity index (χ4v) is 8.04. The Hall–Kier alpha value is -2.34. The second-order valence-corrected chi connectivity index (χ2v) is 11.0. The zero-order valence-electron chi connectivity index (χ0n) is 19.9. The molecule has 6 unspecified atom stereocenters. The minimum Gasteiger partial charge on any atom is -0.508 e. The first-order chi connectivity index (χ1) is 15.7. The molecule has 0 aliphatic heterocycles. The molecule has 1 aromatic rings. The number of methoxy groups -OCH3 is 2. The molecule has 0 saturated heterocycles. The summed E-state index contributed by atoms with van der Waals surface area (Å²) in [6.07, 6.45) is 8.30. The maximum absolute atomic E-state index is 12.8. The molecule has 0 amide bonds. The van der Waals surface area contributed by atoms with Crippen LogP contribution in [0.5, 0.6) is 5.75 Å². The Morgan fingerprint density at radius 2 is 1.70 bits per heavy atom. The average molecular weight is 455 g/mol. The quantitative estimate of drug-likeness (QED) is 0.511. The number of aromatic hydroxyl groups is 1. The van der Waals surface area contributed by atoms with Crippen molar-refractivity contribution >= 4 is 11.9 Å². The van der Waals surface area contributed by atoms with Crippen molar-refractivity contribution in [1.29, 1.82) is 0 Å². The number of fused-ring (bicyclic) bond motifs is 7. The van der Waals surface area contributed by atoms with E-state index < -0.39 is 11.9 Å². The number of rotatable bonds is 2.